The molecule has 2 rings (SSSR count). The Morgan fingerprint density at radius 2 is 2.11 bits per heavy atom. The lowest BCUT2D eigenvalue weighted by Gasteiger charge is -2.17. The van der Waals surface area contributed by atoms with E-state index in [1.165, 1.54) is 10.4 Å². The number of aryl methyl sites for hydroxylation is 1. The monoisotopic (exact) mass is 262 g/mol. The lowest BCUT2D eigenvalue weighted by atomic mass is 10.2. The van der Waals surface area contributed by atoms with Crippen molar-refractivity contribution in [3.05, 3.63) is 29.1 Å². The van der Waals surface area contributed by atoms with Gasteiger partial charge in [-0.15, -0.1) is 21.5 Å². The Morgan fingerprint density at radius 3 is 2.67 bits per heavy atom. The van der Waals surface area contributed by atoms with E-state index < -0.39 is 0 Å². The summed E-state index contributed by atoms with van der Waals surface area (Å²) in [6, 6.07) is 6.17. The van der Waals surface area contributed by atoms with E-state index in [9.17, 15) is 0 Å². The number of likely N-dealkylation sites (N-methyl/N-ethyl adjacent to an activating group) is 2. The number of nitrogens with one attached hydrogen (secondary N) is 1. The number of aromatic nitrogens is 2. The molecule has 0 aliphatic rings. The van der Waals surface area contributed by atoms with Gasteiger partial charge in [-0.05, 0) is 43.1 Å². The van der Waals surface area contributed by atoms with E-state index in [2.05, 4.69) is 38.8 Å². The van der Waals surface area contributed by atoms with E-state index >= 15 is 0 Å². The van der Waals surface area contributed by atoms with Gasteiger partial charge in [0.05, 0.1) is 4.88 Å². The molecule has 0 spiro atoms. The summed E-state index contributed by atoms with van der Waals surface area (Å²) in [6.07, 6.45) is 0. The van der Waals surface area contributed by atoms with E-state index in [-0.39, 0.29) is 0 Å². The molecule has 0 bridgehead atoms. The molecule has 0 radical (unpaired) electrons. The van der Waals surface area contributed by atoms with Gasteiger partial charge < -0.3 is 10.2 Å². The standard InChI is InChI=1S/C13H18N4S/c1-10-6-9-18-13(10)11-4-5-12(16-15-11)17(3)8-7-14-2/h4-6,9,14H,7-8H2,1-3H3. The molecule has 96 valence electrons. The van der Waals surface area contributed by atoms with Crippen molar-refractivity contribution < 1.29 is 0 Å². The van der Waals surface area contributed by atoms with Crippen LogP contribution in [-0.2, 0) is 0 Å². The van der Waals surface area contributed by atoms with Gasteiger partial charge in [0.25, 0.3) is 0 Å². The Bertz CT molecular complexity index is 492. The lowest BCUT2D eigenvalue weighted by molar-refractivity contribution is 0.756. The van der Waals surface area contributed by atoms with Gasteiger partial charge in [0.1, 0.15) is 5.69 Å². The summed E-state index contributed by atoms with van der Waals surface area (Å²) in [5.41, 5.74) is 2.21. The van der Waals surface area contributed by atoms with Crippen molar-refractivity contribution >= 4 is 17.2 Å². The third kappa shape index (κ3) is 2.86. The predicted molar refractivity (Wildman–Crippen MR) is 77.3 cm³/mol. The Hall–Kier alpha value is -1.46. The maximum absolute atomic E-state index is 4.31. The summed E-state index contributed by atoms with van der Waals surface area (Å²) in [6.45, 7) is 3.95. The highest BCUT2D eigenvalue weighted by atomic mass is 32.1. The van der Waals surface area contributed by atoms with Crippen LogP contribution in [0.4, 0.5) is 5.82 Å². The van der Waals surface area contributed by atoms with Crippen molar-refractivity contribution in [2.24, 2.45) is 0 Å². The van der Waals surface area contributed by atoms with Crippen molar-refractivity contribution in [3.63, 3.8) is 0 Å². The second-order valence-corrected chi connectivity index (χ2v) is 5.15. The molecule has 0 atom stereocenters. The van der Waals surface area contributed by atoms with Gasteiger partial charge in [0.15, 0.2) is 5.82 Å². The van der Waals surface area contributed by atoms with Crippen LogP contribution in [0.2, 0.25) is 0 Å². The largest absolute Gasteiger partial charge is 0.357 e. The van der Waals surface area contributed by atoms with E-state index in [0.29, 0.717) is 0 Å². The summed E-state index contributed by atoms with van der Waals surface area (Å²) in [7, 11) is 3.97. The summed E-state index contributed by atoms with van der Waals surface area (Å²) in [4.78, 5) is 3.29. The third-order valence-electron chi connectivity index (χ3n) is 2.83. The minimum Gasteiger partial charge on any atom is -0.357 e. The van der Waals surface area contributed by atoms with Crippen LogP contribution in [0.25, 0.3) is 10.6 Å². The molecule has 2 aromatic heterocycles. The molecule has 0 aromatic carbocycles. The highest BCUT2D eigenvalue weighted by Gasteiger charge is 2.07. The van der Waals surface area contributed by atoms with Gasteiger partial charge in [-0.3, -0.25) is 0 Å². The average Bonchev–Trinajstić information content (AvgIpc) is 2.82. The number of thiophene rings is 1. The minimum absolute atomic E-state index is 0.906. The maximum Gasteiger partial charge on any atom is 0.151 e. The number of nitrogens with zero attached hydrogens (tertiary/aromatic N) is 3. The van der Waals surface area contributed by atoms with Crippen molar-refractivity contribution in [3.8, 4) is 10.6 Å². The minimum atomic E-state index is 0.906. The second-order valence-electron chi connectivity index (χ2n) is 4.23. The van der Waals surface area contributed by atoms with Crippen LogP contribution in [0.5, 0.6) is 0 Å². The highest BCUT2D eigenvalue weighted by Crippen LogP contribution is 2.27. The summed E-state index contributed by atoms with van der Waals surface area (Å²) in [5, 5.41) is 13.8. The molecule has 0 aliphatic carbocycles. The molecule has 5 heteroatoms. The van der Waals surface area contributed by atoms with Crippen LogP contribution in [0.1, 0.15) is 5.56 Å². The Balaban J connectivity index is 2.13. The molecule has 0 saturated heterocycles. The molecular formula is C13H18N4S. The maximum atomic E-state index is 4.31. The fourth-order valence-electron chi connectivity index (χ4n) is 1.68. The topological polar surface area (TPSA) is 41.0 Å². The zero-order valence-corrected chi connectivity index (χ0v) is 11.8. The first-order chi connectivity index (χ1) is 8.72. The SMILES string of the molecule is CNCCN(C)c1ccc(-c2sccc2C)nn1. The van der Waals surface area contributed by atoms with Crippen LogP contribution in [0.15, 0.2) is 23.6 Å². The fraction of sp³-hybridized carbons (Fsp3) is 0.385. The zero-order chi connectivity index (χ0) is 13.0. The third-order valence-corrected chi connectivity index (χ3v) is 3.87. The molecule has 4 nitrogen and oxygen atoms in total. The number of anilines is 1. The normalized spacial score (nSPS) is 10.6. The Morgan fingerprint density at radius 1 is 1.28 bits per heavy atom. The van der Waals surface area contributed by atoms with E-state index in [1.807, 2.05) is 26.2 Å². The Labute approximate surface area is 112 Å². The molecule has 2 heterocycles. The molecule has 0 unspecified atom stereocenters. The van der Waals surface area contributed by atoms with E-state index in [0.717, 1.165) is 24.6 Å². The summed E-state index contributed by atoms with van der Waals surface area (Å²) in [5.74, 6) is 0.906. The van der Waals surface area contributed by atoms with Gasteiger partial charge in [-0.25, -0.2) is 0 Å². The smallest absolute Gasteiger partial charge is 0.151 e. The molecule has 18 heavy (non-hydrogen) atoms. The number of hydrogen-bond donors (Lipinski definition) is 1. The summed E-state index contributed by atoms with van der Waals surface area (Å²) < 4.78 is 0. The fourth-order valence-corrected chi connectivity index (χ4v) is 2.57. The van der Waals surface area contributed by atoms with Crippen LogP contribution >= 0.6 is 11.3 Å². The molecule has 1 N–H and O–H groups in total. The highest BCUT2D eigenvalue weighted by molar-refractivity contribution is 7.13. The first-order valence-electron chi connectivity index (χ1n) is 5.96. The average molecular weight is 262 g/mol. The van der Waals surface area contributed by atoms with Gasteiger partial charge in [0.2, 0.25) is 0 Å². The Kier molecular flexibility index (Phi) is 4.28. The molecular weight excluding hydrogens is 244 g/mol. The molecule has 0 aliphatic heterocycles. The first kappa shape index (κ1) is 13.0. The van der Waals surface area contributed by atoms with Crippen LogP contribution < -0.4 is 10.2 Å². The van der Waals surface area contributed by atoms with Crippen molar-refractivity contribution in [1.29, 1.82) is 0 Å². The summed E-state index contributed by atoms with van der Waals surface area (Å²) >= 11 is 1.70. The van der Waals surface area contributed by atoms with Gasteiger partial charge in [-0.1, -0.05) is 0 Å². The van der Waals surface area contributed by atoms with Gasteiger partial charge in [0, 0.05) is 20.1 Å². The van der Waals surface area contributed by atoms with Crippen LogP contribution in [0.3, 0.4) is 0 Å². The second kappa shape index (κ2) is 5.93. The van der Waals surface area contributed by atoms with E-state index in [4.69, 9.17) is 0 Å². The van der Waals surface area contributed by atoms with Gasteiger partial charge >= 0.3 is 0 Å². The first-order valence-corrected chi connectivity index (χ1v) is 6.84. The number of rotatable bonds is 5. The lowest BCUT2D eigenvalue weighted by Crippen LogP contribution is -2.27. The molecule has 2 aromatic rings. The van der Waals surface area contributed by atoms with Crippen molar-refractivity contribution in [2.45, 2.75) is 6.92 Å². The molecule has 0 saturated carbocycles. The van der Waals surface area contributed by atoms with Crippen molar-refractivity contribution in [2.75, 3.05) is 32.1 Å². The van der Waals surface area contributed by atoms with Gasteiger partial charge in [-0.2, -0.15) is 0 Å². The van der Waals surface area contributed by atoms with Crippen molar-refractivity contribution in [1.82, 2.24) is 15.5 Å². The number of hydrogen-bond acceptors (Lipinski definition) is 5. The van der Waals surface area contributed by atoms with Crippen LogP contribution in [0, 0.1) is 6.92 Å². The zero-order valence-electron chi connectivity index (χ0n) is 11.0. The van der Waals surface area contributed by atoms with Crippen LogP contribution in [-0.4, -0.2) is 37.4 Å². The quantitative estimate of drug-likeness (QED) is 0.896. The molecule has 0 amide bonds. The molecule has 0 fully saturated rings. The van der Waals surface area contributed by atoms with E-state index in [1.54, 1.807) is 11.3 Å². The predicted octanol–water partition coefficient (Wildman–Crippen LogP) is 2.17.